The molecular formula is C15H9Br2NO3S. The maximum Gasteiger partial charge on any atom is 0.184 e. The number of aliphatic hydroxyl groups excluding tert-OH is 2. The van der Waals surface area contributed by atoms with Crippen LogP contribution in [0, 0.1) is 0 Å². The van der Waals surface area contributed by atoms with Crippen molar-refractivity contribution in [3.05, 3.63) is 61.2 Å². The standard InChI is InChI=1S/C15H9Br2NO3S/c16-8-5-9(21-14(8)17)15-18-10-11(19)6-3-1-2-4-7(6)12(20)13(10)22-15/h1-5,11-12,19-20H. The summed E-state index contributed by atoms with van der Waals surface area (Å²) in [6.45, 7) is 0. The number of fused-ring (bicyclic) bond motifs is 2. The lowest BCUT2D eigenvalue weighted by Crippen LogP contribution is -2.16. The summed E-state index contributed by atoms with van der Waals surface area (Å²) >= 11 is 8.00. The average Bonchev–Trinajstić information content (AvgIpc) is 3.10. The van der Waals surface area contributed by atoms with Crippen LogP contribution in [0.4, 0.5) is 0 Å². The minimum atomic E-state index is -0.832. The minimum Gasteiger partial charge on any atom is -0.446 e. The molecule has 0 saturated carbocycles. The van der Waals surface area contributed by atoms with Gasteiger partial charge >= 0.3 is 0 Å². The third-order valence-electron chi connectivity index (χ3n) is 3.63. The maximum absolute atomic E-state index is 10.6. The second kappa shape index (κ2) is 5.28. The van der Waals surface area contributed by atoms with E-state index in [-0.39, 0.29) is 0 Å². The van der Waals surface area contributed by atoms with Gasteiger partial charge in [-0.15, -0.1) is 11.3 Å². The van der Waals surface area contributed by atoms with Crippen molar-refractivity contribution in [3.8, 4) is 10.8 Å². The molecule has 0 saturated heterocycles. The second-order valence-electron chi connectivity index (χ2n) is 4.93. The van der Waals surface area contributed by atoms with Gasteiger partial charge in [-0.25, -0.2) is 4.98 Å². The second-order valence-corrected chi connectivity index (χ2v) is 7.54. The fourth-order valence-electron chi connectivity index (χ4n) is 2.59. The Balaban J connectivity index is 1.86. The van der Waals surface area contributed by atoms with E-state index in [4.69, 9.17) is 4.42 Å². The Morgan fingerprint density at radius 1 is 1.09 bits per heavy atom. The lowest BCUT2D eigenvalue weighted by Gasteiger charge is -2.24. The van der Waals surface area contributed by atoms with Crippen molar-refractivity contribution < 1.29 is 14.6 Å². The molecule has 2 N–H and O–H groups in total. The molecule has 2 aromatic heterocycles. The molecule has 4 nitrogen and oxygen atoms in total. The van der Waals surface area contributed by atoms with E-state index in [1.54, 1.807) is 6.07 Å². The minimum absolute atomic E-state index is 0.495. The van der Waals surface area contributed by atoms with Crippen LogP contribution < -0.4 is 0 Å². The number of nitrogens with zero attached hydrogens (tertiary/aromatic N) is 1. The van der Waals surface area contributed by atoms with Gasteiger partial charge in [0.05, 0.1) is 15.0 Å². The van der Waals surface area contributed by atoms with E-state index in [9.17, 15) is 10.2 Å². The van der Waals surface area contributed by atoms with E-state index in [2.05, 4.69) is 36.8 Å². The van der Waals surface area contributed by atoms with Crippen molar-refractivity contribution >= 4 is 43.2 Å². The molecule has 2 heterocycles. The summed E-state index contributed by atoms with van der Waals surface area (Å²) in [5, 5.41) is 21.7. The SMILES string of the molecule is OC1c2ccccc2C(O)c2sc(-c3cc(Br)c(Br)o3)nc21. The molecule has 1 aromatic carbocycles. The summed E-state index contributed by atoms with van der Waals surface area (Å²) in [7, 11) is 0. The topological polar surface area (TPSA) is 66.5 Å². The van der Waals surface area contributed by atoms with E-state index in [1.807, 2.05) is 24.3 Å². The van der Waals surface area contributed by atoms with Gasteiger partial charge in [-0.1, -0.05) is 24.3 Å². The first-order chi connectivity index (χ1) is 10.6. The first kappa shape index (κ1) is 14.6. The molecular weight excluding hydrogens is 434 g/mol. The Labute approximate surface area is 146 Å². The van der Waals surface area contributed by atoms with Gasteiger partial charge in [0.2, 0.25) is 0 Å². The Morgan fingerprint density at radius 2 is 1.77 bits per heavy atom. The highest BCUT2D eigenvalue weighted by atomic mass is 79.9. The third kappa shape index (κ3) is 2.11. The van der Waals surface area contributed by atoms with Crippen LogP contribution in [0.2, 0.25) is 0 Å². The van der Waals surface area contributed by atoms with Gasteiger partial charge in [0.25, 0.3) is 0 Å². The van der Waals surface area contributed by atoms with Gasteiger partial charge in [0.1, 0.15) is 12.2 Å². The number of hydrogen-bond acceptors (Lipinski definition) is 5. The molecule has 0 fully saturated rings. The molecule has 22 heavy (non-hydrogen) atoms. The summed E-state index contributed by atoms with van der Waals surface area (Å²) in [5.74, 6) is 0.585. The van der Waals surface area contributed by atoms with E-state index in [0.717, 1.165) is 10.0 Å². The fourth-order valence-corrected chi connectivity index (χ4v) is 4.22. The van der Waals surface area contributed by atoms with E-state index in [0.29, 0.717) is 31.6 Å². The van der Waals surface area contributed by atoms with Crippen molar-refractivity contribution in [2.24, 2.45) is 0 Å². The molecule has 0 spiro atoms. The summed E-state index contributed by atoms with van der Waals surface area (Å²) in [5.41, 5.74) is 1.91. The Morgan fingerprint density at radius 3 is 2.41 bits per heavy atom. The number of thiazole rings is 1. The zero-order valence-corrected chi connectivity index (χ0v) is 14.9. The lowest BCUT2D eigenvalue weighted by atomic mass is 9.89. The number of aliphatic hydroxyl groups is 2. The van der Waals surface area contributed by atoms with Crippen LogP contribution in [0.5, 0.6) is 0 Å². The zero-order valence-electron chi connectivity index (χ0n) is 11.0. The van der Waals surface area contributed by atoms with Gasteiger partial charge < -0.3 is 14.6 Å². The molecule has 112 valence electrons. The lowest BCUT2D eigenvalue weighted by molar-refractivity contribution is 0.173. The molecule has 0 amide bonds. The number of rotatable bonds is 1. The summed E-state index contributed by atoms with van der Waals surface area (Å²) < 4.78 is 6.96. The highest BCUT2D eigenvalue weighted by Gasteiger charge is 2.34. The highest BCUT2D eigenvalue weighted by molar-refractivity contribution is 9.13. The highest BCUT2D eigenvalue weighted by Crippen LogP contribution is 2.46. The molecule has 7 heteroatoms. The van der Waals surface area contributed by atoms with Gasteiger partial charge in [0, 0.05) is 6.07 Å². The Kier molecular flexibility index (Phi) is 3.50. The number of halogens is 2. The van der Waals surface area contributed by atoms with Crippen molar-refractivity contribution in [3.63, 3.8) is 0 Å². The van der Waals surface area contributed by atoms with Crippen LogP contribution in [0.25, 0.3) is 10.8 Å². The molecule has 2 unspecified atom stereocenters. The monoisotopic (exact) mass is 441 g/mol. The van der Waals surface area contributed by atoms with Crippen LogP contribution in [0.15, 0.2) is 43.9 Å². The Hall–Kier alpha value is -0.990. The summed E-state index contributed by atoms with van der Waals surface area (Å²) in [4.78, 5) is 5.14. The first-order valence-corrected chi connectivity index (χ1v) is 8.87. The smallest absolute Gasteiger partial charge is 0.184 e. The van der Waals surface area contributed by atoms with Crippen molar-refractivity contribution in [2.45, 2.75) is 12.2 Å². The van der Waals surface area contributed by atoms with Crippen LogP contribution in [-0.2, 0) is 0 Å². The predicted molar refractivity (Wildman–Crippen MR) is 89.8 cm³/mol. The fraction of sp³-hybridized carbons (Fsp3) is 0.133. The molecule has 1 aliphatic carbocycles. The zero-order chi connectivity index (χ0) is 15.4. The van der Waals surface area contributed by atoms with Crippen LogP contribution in [0.3, 0.4) is 0 Å². The van der Waals surface area contributed by atoms with Gasteiger partial charge in [0.15, 0.2) is 15.4 Å². The van der Waals surface area contributed by atoms with E-state index < -0.39 is 12.2 Å². The maximum atomic E-state index is 10.6. The number of hydrogen-bond donors (Lipinski definition) is 2. The summed E-state index contributed by atoms with van der Waals surface area (Å²) in [6.07, 6.45) is -1.61. The number of benzene rings is 1. The molecule has 0 radical (unpaired) electrons. The number of aromatic nitrogens is 1. The molecule has 4 rings (SSSR count). The van der Waals surface area contributed by atoms with Crippen molar-refractivity contribution in [1.82, 2.24) is 4.98 Å². The predicted octanol–water partition coefficient (Wildman–Crippen LogP) is 4.40. The largest absolute Gasteiger partial charge is 0.446 e. The quantitative estimate of drug-likeness (QED) is 0.585. The molecule has 2 atom stereocenters. The van der Waals surface area contributed by atoms with Crippen LogP contribution in [-0.4, -0.2) is 15.2 Å². The molecule has 3 aromatic rings. The van der Waals surface area contributed by atoms with Crippen molar-refractivity contribution in [1.29, 1.82) is 0 Å². The van der Waals surface area contributed by atoms with E-state index in [1.165, 1.54) is 11.3 Å². The van der Waals surface area contributed by atoms with Crippen LogP contribution >= 0.6 is 43.2 Å². The first-order valence-electron chi connectivity index (χ1n) is 6.47. The molecule has 1 aliphatic rings. The van der Waals surface area contributed by atoms with Crippen molar-refractivity contribution in [2.75, 3.05) is 0 Å². The van der Waals surface area contributed by atoms with Crippen LogP contribution in [0.1, 0.15) is 33.9 Å². The Bertz CT molecular complexity index is 808. The van der Waals surface area contributed by atoms with Gasteiger partial charge in [-0.3, -0.25) is 0 Å². The summed E-state index contributed by atoms with van der Waals surface area (Å²) in [6, 6.07) is 9.13. The third-order valence-corrected chi connectivity index (χ3v) is 6.48. The van der Waals surface area contributed by atoms with Gasteiger partial charge in [-0.2, -0.15) is 0 Å². The number of furan rings is 1. The van der Waals surface area contributed by atoms with Gasteiger partial charge in [-0.05, 0) is 43.0 Å². The molecule has 0 aliphatic heterocycles. The normalized spacial score (nSPS) is 19.8. The molecule has 0 bridgehead atoms. The average molecular weight is 443 g/mol. The van der Waals surface area contributed by atoms with E-state index >= 15 is 0 Å².